The lowest BCUT2D eigenvalue weighted by Crippen LogP contribution is -2.29. The van der Waals surface area contributed by atoms with E-state index in [4.69, 9.17) is 4.74 Å². The third-order valence-corrected chi connectivity index (χ3v) is 7.71. The van der Waals surface area contributed by atoms with Crippen LogP contribution in [-0.4, -0.2) is 27.0 Å². The van der Waals surface area contributed by atoms with E-state index in [1.165, 1.54) is 16.2 Å². The van der Waals surface area contributed by atoms with E-state index in [9.17, 15) is 14.7 Å². The van der Waals surface area contributed by atoms with Crippen molar-refractivity contribution < 1.29 is 19.4 Å². The first-order valence-electron chi connectivity index (χ1n) is 13.0. The summed E-state index contributed by atoms with van der Waals surface area (Å²) in [7, 11) is 0. The van der Waals surface area contributed by atoms with Crippen LogP contribution in [0.2, 0.25) is 0 Å². The van der Waals surface area contributed by atoms with Gasteiger partial charge < -0.3 is 9.84 Å². The minimum absolute atomic E-state index is 0.00907. The second-order valence-corrected chi connectivity index (χ2v) is 12.1. The predicted octanol–water partition coefficient (Wildman–Crippen LogP) is 6.66. The molecule has 0 radical (unpaired) electrons. The van der Waals surface area contributed by atoms with Crippen molar-refractivity contribution in [3.63, 3.8) is 0 Å². The van der Waals surface area contributed by atoms with Crippen molar-refractivity contribution in [2.24, 2.45) is 0 Å². The summed E-state index contributed by atoms with van der Waals surface area (Å²) in [5, 5.41) is 20.6. The van der Waals surface area contributed by atoms with Gasteiger partial charge in [-0.05, 0) is 60.2 Å². The van der Waals surface area contributed by atoms with Crippen LogP contribution >= 0.6 is 11.3 Å². The molecule has 1 aromatic heterocycles. The lowest BCUT2D eigenvalue weighted by Gasteiger charge is -2.24. The molecule has 3 aromatic carbocycles. The topological polar surface area (TPSA) is 92.6 Å². The smallest absolute Gasteiger partial charge is 0.301 e. The van der Waals surface area contributed by atoms with Gasteiger partial charge in [0.25, 0.3) is 5.78 Å². The molecule has 1 atom stereocenters. The van der Waals surface area contributed by atoms with Crippen LogP contribution in [0.15, 0.2) is 78.4 Å². The molecule has 0 saturated carbocycles. The van der Waals surface area contributed by atoms with E-state index in [1.807, 2.05) is 49.4 Å². The van der Waals surface area contributed by atoms with Crippen molar-refractivity contribution >= 4 is 33.9 Å². The van der Waals surface area contributed by atoms with E-state index >= 15 is 0 Å². The predicted molar refractivity (Wildman–Crippen MR) is 157 cm³/mol. The highest BCUT2D eigenvalue weighted by Gasteiger charge is 2.48. The first-order valence-corrected chi connectivity index (χ1v) is 13.8. The summed E-state index contributed by atoms with van der Waals surface area (Å²) in [4.78, 5) is 28.1. The summed E-state index contributed by atoms with van der Waals surface area (Å²) in [5.41, 5.74) is 4.36. The second kappa shape index (κ2) is 10.7. The highest BCUT2D eigenvalue weighted by atomic mass is 32.1. The van der Waals surface area contributed by atoms with E-state index in [0.717, 1.165) is 16.7 Å². The molecule has 0 bridgehead atoms. The minimum Gasteiger partial charge on any atom is -0.507 e. The fourth-order valence-corrected chi connectivity index (χ4v) is 5.44. The number of aliphatic hydroxyl groups is 1. The third-order valence-electron chi connectivity index (χ3n) is 6.87. The average Bonchev–Trinajstić information content (AvgIpc) is 3.47. The summed E-state index contributed by atoms with van der Waals surface area (Å²) in [6.07, 6.45) is 0. The molecule has 4 aromatic rings. The highest BCUT2D eigenvalue weighted by Crippen LogP contribution is 2.43. The number of hydrogen-bond donors (Lipinski definition) is 1. The van der Waals surface area contributed by atoms with Crippen LogP contribution < -0.4 is 9.64 Å². The van der Waals surface area contributed by atoms with Gasteiger partial charge in [-0.25, -0.2) is 0 Å². The van der Waals surface area contributed by atoms with Crippen molar-refractivity contribution in [1.82, 2.24) is 10.2 Å². The van der Waals surface area contributed by atoms with Crippen LogP contribution in [0, 0.1) is 13.8 Å². The molecule has 2 heterocycles. The molecule has 1 unspecified atom stereocenters. The minimum atomic E-state index is -0.849. The van der Waals surface area contributed by atoms with Crippen molar-refractivity contribution in [1.29, 1.82) is 0 Å². The van der Waals surface area contributed by atoms with E-state index in [1.54, 1.807) is 31.2 Å². The number of amides is 1. The number of aliphatic hydroxyl groups excluding tert-OH is 1. The molecule has 0 aliphatic carbocycles. The Morgan fingerprint density at radius 3 is 2.27 bits per heavy atom. The molecule has 1 aliphatic rings. The number of ether oxygens (including phenoxy) is 1. The van der Waals surface area contributed by atoms with Gasteiger partial charge >= 0.3 is 5.91 Å². The summed E-state index contributed by atoms with van der Waals surface area (Å²) in [5.74, 6) is -1.15. The van der Waals surface area contributed by atoms with Crippen molar-refractivity contribution in [2.75, 3.05) is 4.90 Å². The maximum absolute atomic E-state index is 13.4. The maximum atomic E-state index is 13.4. The van der Waals surface area contributed by atoms with Crippen LogP contribution in [0.3, 0.4) is 0 Å². The standard InChI is InChI=1S/C32H31N3O4S/c1-19-7-6-8-21(17-19)18-39-25-15-11-23(12-16-25)28(36)26-27(22-9-13-24(14-10-22)32(3,4)5)35(30(38)29(26)37)31-34-33-20(2)40-31/h6-17,27,36H,18H2,1-5H3/b28-26+. The van der Waals surface area contributed by atoms with Gasteiger partial charge in [-0.2, -0.15) is 0 Å². The van der Waals surface area contributed by atoms with Gasteiger partial charge in [0.2, 0.25) is 5.13 Å². The zero-order valence-corrected chi connectivity index (χ0v) is 24.0. The molecule has 0 spiro atoms. The van der Waals surface area contributed by atoms with Crippen molar-refractivity contribution in [2.45, 2.75) is 52.7 Å². The molecule has 7 nitrogen and oxygen atoms in total. The number of aryl methyl sites for hydroxylation is 2. The number of carbonyl (C=O) groups is 2. The molecule has 5 rings (SSSR count). The zero-order valence-electron chi connectivity index (χ0n) is 23.1. The van der Waals surface area contributed by atoms with Gasteiger partial charge in [-0.3, -0.25) is 14.5 Å². The lowest BCUT2D eigenvalue weighted by molar-refractivity contribution is -0.132. The number of nitrogens with zero attached hydrogens (tertiary/aromatic N) is 3. The Morgan fingerprint density at radius 2 is 1.68 bits per heavy atom. The van der Waals surface area contributed by atoms with Crippen molar-refractivity contribution in [3.05, 3.63) is 111 Å². The summed E-state index contributed by atoms with van der Waals surface area (Å²) >= 11 is 1.22. The second-order valence-electron chi connectivity index (χ2n) is 10.9. The Bertz CT molecular complexity index is 1600. The fourth-order valence-electron chi connectivity index (χ4n) is 4.73. The third kappa shape index (κ3) is 5.40. The fraction of sp³-hybridized carbons (Fsp3) is 0.250. The number of anilines is 1. The van der Waals surface area contributed by atoms with E-state index in [0.29, 0.717) is 33.6 Å². The van der Waals surface area contributed by atoms with Crippen molar-refractivity contribution in [3.8, 4) is 5.75 Å². The Kier molecular flexibility index (Phi) is 7.29. The van der Waals surface area contributed by atoms with Gasteiger partial charge in [0.15, 0.2) is 0 Å². The summed E-state index contributed by atoms with van der Waals surface area (Å²) < 4.78 is 5.91. The number of rotatable bonds is 6. The van der Waals surface area contributed by atoms with Gasteiger partial charge in [-0.1, -0.05) is 86.2 Å². The lowest BCUT2D eigenvalue weighted by atomic mass is 9.85. The molecule has 8 heteroatoms. The van der Waals surface area contributed by atoms with Gasteiger partial charge in [0.05, 0.1) is 11.6 Å². The normalized spacial score (nSPS) is 16.9. The van der Waals surface area contributed by atoms with Crippen LogP contribution in [0.4, 0.5) is 5.13 Å². The molecular weight excluding hydrogens is 522 g/mol. The first-order chi connectivity index (χ1) is 19.0. The molecular formula is C32H31N3O4S. The Hall–Kier alpha value is -4.30. The molecule has 1 fully saturated rings. The number of benzene rings is 3. The van der Waals surface area contributed by atoms with Crippen LogP contribution in [0.25, 0.3) is 5.76 Å². The first kappa shape index (κ1) is 27.3. The maximum Gasteiger partial charge on any atom is 0.301 e. The quantitative estimate of drug-likeness (QED) is 0.163. The largest absolute Gasteiger partial charge is 0.507 e. The summed E-state index contributed by atoms with van der Waals surface area (Å²) in [6.45, 7) is 10.6. The van der Waals surface area contributed by atoms with Crippen LogP contribution in [0.1, 0.15) is 59.6 Å². The monoisotopic (exact) mass is 553 g/mol. The van der Waals surface area contributed by atoms with E-state index < -0.39 is 17.7 Å². The number of hydrogen-bond acceptors (Lipinski definition) is 7. The zero-order chi connectivity index (χ0) is 28.6. The number of ketones is 1. The molecule has 204 valence electrons. The Balaban J connectivity index is 1.51. The SMILES string of the molecule is Cc1cccc(COc2ccc(/C(O)=C3\C(=O)C(=O)N(c4nnc(C)s4)C3c3ccc(C(C)(C)C)cc3)cc2)c1. The van der Waals surface area contributed by atoms with E-state index in [2.05, 4.69) is 37.0 Å². The van der Waals surface area contributed by atoms with Gasteiger partial charge in [-0.15, -0.1) is 10.2 Å². The molecule has 1 N–H and O–H groups in total. The molecule has 1 amide bonds. The number of aromatic nitrogens is 2. The van der Waals surface area contributed by atoms with E-state index in [-0.39, 0.29) is 16.7 Å². The van der Waals surface area contributed by atoms with Gasteiger partial charge in [0, 0.05) is 5.56 Å². The molecule has 1 saturated heterocycles. The van der Waals surface area contributed by atoms with Crippen LogP contribution in [-0.2, 0) is 21.6 Å². The Labute approximate surface area is 237 Å². The van der Waals surface area contributed by atoms with Gasteiger partial charge in [0.1, 0.15) is 23.1 Å². The molecule has 40 heavy (non-hydrogen) atoms. The average molecular weight is 554 g/mol. The summed E-state index contributed by atoms with van der Waals surface area (Å²) in [6, 6.07) is 21.8. The Morgan fingerprint density at radius 1 is 0.975 bits per heavy atom. The van der Waals surface area contributed by atoms with Crippen LogP contribution in [0.5, 0.6) is 5.75 Å². The number of Topliss-reactive ketones (excluding diaryl/α,β-unsaturated/α-hetero) is 1. The molecule has 1 aliphatic heterocycles. The number of carbonyl (C=O) groups excluding carboxylic acids is 2. The highest BCUT2D eigenvalue weighted by molar-refractivity contribution is 7.15.